The molecule has 0 atom stereocenters. The minimum Gasteiger partial charge on any atom is -0.454 e. The largest absolute Gasteiger partial charge is 0.454 e. The lowest BCUT2D eigenvalue weighted by Gasteiger charge is -2.55. The lowest BCUT2D eigenvalue weighted by atomic mass is 9.48. The number of carbonyl (C=O) groups is 1. The molecule has 0 amide bonds. The van der Waals surface area contributed by atoms with Crippen molar-refractivity contribution in [2.24, 2.45) is 23.2 Å². The van der Waals surface area contributed by atoms with E-state index in [1.807, 2.05) is 18.2 Å². The predicted molar refractivity (Wildman–Crippen MR) is 102 cm³/mol. The van der Waals surface area contributed by atoms with Crippen molar-refractivity contribution >= 4 is 17.5 Å². The van der Waals surface area contributed by atoms with E-state index in [1.54, 1.807) is 0 Å². The van der Waals surface area contributed by atoms with E-state index in [2.05, 4.69) is 10.2 Å². The smallest absolute Gasteiger partial charge is 0.277 e. The number of Topliss-reactive ketones (excluding diaryl/α,β-unsaturated/α-hetero) is 1. The lowest BCUT2D eigenvalue weighted by Crippen LogP contribution is -2.50. The monoisotopic (exact) mass is 398 g/mol. The Hall–Kier alpha value is -2.02. The lowest BCUT2D eigenvalue weighted by molar-refractivity contribution is -0.141. The number of ether oxygens (including phenoxy) is 2. The molecule has 0 saturated heterocycles. The van der Waals surface area contributed by atoms with Gasteiger partial charge < -0.3 is 13.9 Å². The second-order valence-corrected chi connectivity index (χ2v) is 9.78. The zero-order chi connectivity index (χ0) is 18.7. The molecule has 4 bridgehead atoms. The van der Waals surface area contributed by atoms with E-state index < -0.39 is 0 Å². The Labute approximate surface area is 167 Å². The molecule has 4 aliphatic carbocycles. The van der Waals surface area contributed by atoms with Crippen LogP contribution in [-0.2, 0) is 4.79 Å². The number of benzene rings is 1. The first kappa shape index (κ1) is 16.9. The van der Waals surface area contributed by atoms with Gasteiger partial charge >= 0.3 is 0 Å². The van der Waals surface area contributed by atoms with Crippen LogP contribution in [0.1, 0.15) is 38.5 Å². The summed E-state index contributed by atoms with van der Waals surface area (Å²) in [7, 11) is 0. The molecule has 4 fully saturated rings. The quantitative estimate of drug-likeness (QED) is 0.694. The van der Waals surface area contributed by atoms with Gasteiger partial charge in [-0.05, 0) is 74.5 Å². The number of ketones is 1. The highest BCUT2D eigenvalue weighted by Crippen LogP contribution is 2.60. The van der Waals surface area contributed by atoms with Crippen molar-refractivity contribution in [1.29, 1.82) is 0 Å². The van der Waals surface area contributed by atoms with Gasteiger partial charge in [-0.1, -0.05) is 11.8 Å². The van der Waals surface area contributed by atoms with Gasteiger partial charge in [0.15, 0.2) is 11.5 Å². The van der Waals surface area contributed by atoms with Gasteiger partial charge in [0.2, 0.25) is 12.7 Å². The van der Waals surface area contributed by atoms with E-state index in [0.717, 1.165) is 48.3 Å². The summed E-state index contributed by atoms with van der Waals surface area (Å²) in [5.74, 6) is 4.99. The Bertz CT molecular complexity index is 905. The van der Waals surface area contributed by atoms with Crippen LogP contribution in [0.25, 0.3) is 11.5 Å². The fourth-order valence-corrected chi connectivity index (χ4v) is 6.94. The van der Waals surface area contributed by atoms with Crippen LogP contribution in [0.3, 0.4) is 0 Å². The molecule has 1 aliphatic heterocycles. The number of thioether (sulfide) groups is 1. The highest BCUT2D eigenvalue weighted by molar-refractivity contribution is 7.99. The Morgan fingerprint density at radius 3 is 2.50 bits per heavy atom. The Morgan fingerprint density at radius 1 is 1.04 bits per heavy atom. The SMILES string of the molecule is O=C(CSc1nnc(-c2ccc3c(c2)OCO3)o1)C12CC3CC(CC(C3)C1)C2. The van der Waals surface area contributed by atoms with Crippen LogP contribution in [0, 0.1) is 23.2 Å². The second kappa shape index (κ2) is 6.24. The van der Waals surface area contributed by atoms with E-state index in [4.69, 9.17) is 13.9 Å². The summed E-state index contributed by atoms with van der Waals surface area (Å²) in [6.07, 6.45) is 7.35. The third-order valence-electron chi connectivity index (χ3n) is 6.98. The zero-order valence-electron chi connectivity index (χ0n) is 15.6. The molecule has 2 heterocycles. The van der Waals surface area contributed by atoms with Crippen molar-refractivity contribution in [3.8, 4) is 23.0 Å². The molecule has 28 heavy (non-hydrogen) atoms. The van der Waals surface area contributed by atoms with Crippen molar-refractivity contribution in [1.82, 2.24) is 10.2 Å². The van der Waals surface area contributed by atoms with Crippen LogP contribution >= 0.6 is 11.8 Å². The van der Waals surface area contributed by atoms with Gasteiger partial charge in [0.1, 0.15) is 5.78 Å². The molecule has 1 aromatic carbocycles. The molecule has 0 N–H and O–H groups in total. The van der Waals surface area contributed by atoms with E-state index in [1.165, 1.54) is 31.0 Å². The van der Waals surface area contributed by atoms with Crippen molar-refractivity contribution in [3.05, 3.63) is 18.2 Å². The summed E-state index contributed by atoms with van der Waals surface area (Å²) in [5, 5.41) is 8.71. The van der Waals surface area contributed by atoms with Crippen LogP contribution in [0.15, 0.2) is 27.8 Å². The highest BCUT2D eigenvalue weighted by atomic mass is 32.2. The first-order valence-corrected chi connectivity index (χ1v) is 11.1. The van der Waals surface area contributed by atoms with Crippen LogP contribution in [-0.4, -0.2) is 28.5 Å². The molecule has 0 radical (unpaired) electrons. The Kier molecular flexibility index (Phi) is 3.76. The predicted octanol–water partition coefficient (Wildman–Crippen LogP) is 4.34. The van der Waals surface area contributed by atoms with E-state index in [0.29, 0.717) is 28.4 Å². The number of hydrogen-bond acceptors (Lipinski definition) is 7. The molecule has 0 spiro atoms. The van der Waals surface area contributed by atoms with Crippen molar-refractivity contribution < 1.29 is 18.7 Å². The normalized spacial score (nSPS) is 32.1. The van der Waals surface area contributed by atoms with Gasteiger partial charge in [0, 0.05) is 11.0 Å². The van der Waals surface area contributed by atoms with Crippen LogP contribution in [0.5, 0.6) is 11.5 Å². The number of carbonyl (C=O) groups excluding carboxylic acids is 1. The Balaban J connectivity index is 1.14. The molecule has 0 unspecified atom stereocenters. The molecule has 6 nitrogen and oxygen atoms in total. The zero-order valence-corrected chi connectivity index (χ0v) is 16.4. The molecular formula is C21H22N2O4S. The minimum atomic E-state index is -0.0675. The van der Waals surface area contributed by atoms with Crippen LogP contribution < -0.4 is 9.47 Å². The summed E-state index contributed by atoms with van der Waals surface area (Å²) in [6.45, 7) is 0.232. The minimum absolute atomic E-state index is 0.0675. The summed E-state index contributed by atoms with van der Waals surface area (Å²) >= 11 is 1.37. The van der Waals surface area contributed by atoms with Gasteiger partial charge in [-0.2, -0.15) is 0 Å². The molecular weight excluding hydrogens is 376 g/mol. The maximum Gasteiger partial charge on any atom is 0.277 e. The third kappa shape index (κ3) is 2.74. The first-order chi connectivity index (χ1) is 13.7. The molecule has 1 aromatic heterocycles. The molecule has 2 aromatic rings. The average molecular weight is 398 g/mol. The van der Waals surface area contributed by atoms with Crippen molar-refractivity contribution in [3.63, 3.8) is 0 Å². The molecule has 4 saturated carbocycles. The van der Waals surface area contributed by atoms with Gasteiger partial charge in [-0.25, -0.2) is 0 Å². The summed E-state index contributed by atoms with van der Waals surface area (Å²) < 4.78 is 16.5. The summed E-state index contributed by atoms with van der Waals surface area (Å²) in [6, 6.07) is 5.55. The fraction of sp³-hybridized carbons (Fsp3) is 0.571. The van der Waals surface area contributed by atoms with Crippen molar-refractivity contribution in [2.45, 2.75) is 43.7 Å². The second-order valence-electron chi connectivity index (χ2n) is 8.85. The fourth-order valence-electron chi connectivity index (χ4n) is 6.15. The average Bonchev–Trinajstić information content (AvgIpc) is 3.33. The molecule has 7 rings (SSSR count). The standard InChI is InChI=1S/C21H22N2O4S/c24-18(21-7-12-3-13(8-21)5-14(4-12)9-21)10-28-20-23-22-19(27-20)15-1-2-16-17(6-15)26-11-25-16/h1-2,6,12-14H,3-5,7-11H2. The van der Waals surface area contributed by atoms with E-state index in [-0.39, 0.29) is 12.2 Å². The molecule has 7 heteroatoms. The summed E-state index contributed by atoms with van der Waals surface area (Å²) in [4.78, 5) is 13.1. The van der Waals surface area contributed by atoms with Gasteiger partial charge in [-0.15, -0.1) is 10.2 Å². The Morgan fingerprint density at radius 2 is 1.75 bits per heavy atom. The van der Waals surface area contributed by atoms with Gasteiger partial charge in [0.05, 0.1) is 5.75 Å². The van der Waals surface area contributed by atoms with Crippen LogP contribution in [0.2, 0.25) is 0 Å². The topological polar surface area (TPSA) is 74.5 Å². The van der Waals surface area contributed by atoms with Crippen molar-refractivity contribution in [2.75, 3.05) is 12.5 Å². The molecule has 5 aliphatic rings. The summed E-state index contributed by atoms with van der Waals surface area (Å²) in [5.41, 5.74) is 0.720. The third-order valence-corrected chi connectivity index (χ3v) is 7.80. The van der Waals surface area contributed by atoms with Gasteiger partial charge in [-0.3, -0.25) is 4.79 Å². The number of aromatic nitrogens is 2. The van der Waals surface area contributed by atoms with E-state index >= 15 is 0 Å². The maximum atomic E-state index is 13.1. The first-order valence-electron chi connectivity index (χ1n) is 10.1. The molecule has 146 valence electrons. The maximum absolute atomic E-state index is 13.1. The number of hydrogen-bond donors (Lipinski definition) is 0. The number of fused-ring (bicyclic) bond motifs is 1. The van der Waals surface area contributed by atoms with E-state index in [9.17, 15) is 4.79 Å². The van der Waals surface area contributed by atoms with Crippen LogP contribution in [0.4, 0.5) is 0 Å². The highest BCUT2D eigenvalue weighted by Gasteiger charge is 2.54. The number of rotatable bonds is 5. The number of nitrogens with zero attached hydrogens (tertiary/aromatic N) is 2. The van der Waals surface area contributed by atoms with Gasteiger partial charge in [0.25, 0.3) is 5.22 Å².